The van der Waals surface area contributed by atoms with Gasteiger partial charge in [0.05, 0.1) is 28.9 Å². The van der Waals surface area contributed by atoms with Crippen LogP contribution in [-0.4, -0.2) is 47.2 Å². The number of aromatic amines is 2. The number of carbonyl (C=O) groups is 2. The van der Waals surface area contributed by atoms with Gasteiger partial charge in [0.1, 0.15) is 0 Å². The highest BCUT2D eigenvalue weighted by Crippen LogP contribution is 2.38. The summed E-state index contributed by atoms with van der Waals surface area (Å²) in [7, 11) is 0. The summed E-state index contributed by atoms with van der Waals surface area (Å²) in [5, 5.41) is 29.7. The van der Waals surface area contributed by atoms with Crippen LogP contribution >= 0.6 is 0 Å². The molecule has 0 radical (unpaired) electrons. The van der Waals surface area contributed by atoms with Crippen molar-refractivity contribution in [3.63, 3.8) is 0 Å². The highest BCUT2D eigenvalue weighted by atomic mass is 16.4. The van der Waals surface area contributed by atoms with Crippen LogP contribution in [0.15, 0.2) is 30.8 Å². The number of aromatic nitrogens is 4. The zero-order chi connectivity index (χ0) is 31.2. The number of aliphatic hydroxyl groups excluding tert-OH is 1. The number of fused-ring (bicyclic) bond motifs is 8. The summed E-state index contributed by atoms with van der Waals surface area (Å²) >= 11 is 0. The fourth-order valence-corrected chi connectivity index (χ4v) is 6.04. The third kappa shape index (κ3) is 5.56. The van der Waals surface area contributed by atoms with Gasteiger partial charge in [-0.3, -0.25) is 9.59 Å². The minimum atomic E-state index is -0.905. The average Bonchev–Trinajstić information content (AvgIpc) is 3.59. The second kappa shape index (κ2) is 11.5. The van der Waals surface area contributed by atoms with E-state index >= 15 is 0 Å². The van der Waals surface area contributed by atoms with Crippen LogP contribution in [0.1, 0.15) is 97.6 Å². The molecular weight excluding hydrogens is 544 g/mol. The molecule has 1 atom stereocenters. The molecule has 0 aliphatic carbocycles. The van der Waals surface area contributed by atoms with Crippen LogP contribution in [0.3, 0.4) is 0 Å². The highest BCUT2D eigenvalue weighted by Gasteiger charge is 2.23. The van der Waals surface area contributed by atoms with Crippen molar-refractivity contribution in [2.45, 2.75) is 66.4 Å². The summed E-state index contributed by atoms with van der Waals surface area (Å²) in [6, 6.07) is 7.70. The molecule has 0 saturated carbocycles. The molecule has 43 heavy (non-hydrogen) atoms. The van der Waals surface area contributed by atoms with E-state index in [0.29, 0.717) is 29.2 Å². The quantitative estimate of drug-likeness (QED) is 0.189. The molecule has 8 bridgehead atoms. The van der Waals surface area contributed by atoms with Crippen LogP contribution in [-0.2, 0) is 9.59 Å². The maximum absolute atomic E-state index is 11.5. The van der Waals surface area contributed by atoms with Crippen molar-refractivity contribution < 1.29 is 24.9 Å². The molecule has 0 aromatic carbocycles. The van der Waals surface area contributed by atoms with Gasteiger partial charge in [-0.05, 0) is 105 Å². The summed E-state index contributed by atoms with van der Waals surface area (Å²) in [6.45, 7) is 13.6. The van der Waals surface area contributed by atoms with E-state index in [9.17, 15) is 24.9 Å². The van der Waals surface area contributed by atoms with Crippen molar-refractivity contribution in [1.29, 1.82) is 0 Å². The predicted molar refractivity (Wildman–Crippen MR) is 170 cm³/mol. The van der Waals surface area contributed by atoms with Crippen molar-refractivity contribution in [3.05, 3.63) is 75.9 Å². The van der Waals surface area contributed by atoms with Gasteiger partial charge in [-0.15, -0.1) is 0 Å². The molecule has 0 unspecified atom stereocenters. The van der Waals surface area contributed by atoms with E-state index in [-0.39, 0.29) is 19.3 Å². The lowest BCUT2D eigenvalue weighted by atomic mass is 9.98. The van der Waals surface area contributed by atoms with E-state index < -0.39 is 18.0 Å². The fourth-order valence-electron chi connectivity index (χ4n) is 6.04. The molecule has 2 aliphatic rings. The Morgan fingerprint density at radius 2 is 1.26 bits per heavy atom. The summed E-state index contributed by atoms with van der Waals surface area (Å²) in [6.07, 6.45) is 1.53. The molecule has 5 rings (SSSR count). The molecule has 5 N–H and O–H groups in total. The van der Waals surface area contributed by atoms with Crippen molar-refractivity contribution in [3.8, 4) is 0 Å². The Balaban J connectivity index is 1.94. The normalized spacial score (nSPS) is 13.9. The number of hydrogen-bond acceptors (Lipinski definition) is 5. The topological polar surface area (TPSA) is 152 Å². The number of nitrogens with zero attached hydrogens (tertiary/aromatic N) is 2. The van der Waals surface area contributed by atoms with E-state index in [0.717, 1.165) is 66.6 Å². The Bertz CT molecular complexity index is 1920. The van der Waals surface area contributed by atoms with Crippen LogP contribution in [0.5, 0.6) is 0 Å². The molecule has 9 nitrogen and oxygen atoms in total. The number of aliphatic hydroxyl groups is 1. The molecule has 0 fully saturated rings. The number of aliphatic carboxylic acids is 2. The van der Waals surface area contributed by atoms with Gasteiger partial charge in [0.15, 0.2) is 0 Å². The summed E-state index contributed by atoms with van der Waals surface area (Å²) in [5.41, 5.74) is 12.7. The van der Waals surface area contributed by atoms with Gasteiger partial charge in [-0.25, -0.2) is 9.97 Å². The minimum Gasteiger partial charge on any atom is -0.481 e. The largest absolute Gasteiger partial charge is 0.481 e. The molecule has 5 heterocycles. The lowest BCUT2D eigenvalue weighted by molar-refractivity contribution is -0.137. The Kier molecular flexibility index (Phi) is 7.94. The molecule has 3 aromatic rings. The van der Waals surface area contributed by atoms with Crippen LogP contribution < -0.4 is 0 Å². The SMILES string of the molecule is C=Cc1c(C)c2cc3[nH]c(cc4nc(cc5nc(cc1[nH]2)C(C)=C5CCC(=O)O)C(CCC(=O)O)=C4C)c(C)c3[C@@H](C)O. The van der Waals surface area contributed by atoms with Gasteiger partial charge in [-0.2, -0.15) is 0 Å². The first kappa shape index (κ1) is 29.7. The van der Waals surface area contributed by atoms with Crippen LogP contribution in [0.4, 0.5) is 0 Å². The predicted octanol–water partition coefficient (Wildman–Crippen LogP) is 7.22. The van der Waals surface area contributed by atoms with Crippen molar-refractivity contribution in [2.24, 2.45) is 0 Å². The van der Waals surface area contributed by atoms with E-state index in [1.54, 1.807) is 13.0 Å². The van der Waals surface area contributed by atoms with Crippen LogP contribution in [0.2, 0.25) is 0 Å². The fraction of sp³-hybridized carbons (Fsp3) is 0.294. The minimum absolute atomic E-state index is 0.0520. The number of rotatable bonds is 8. The Morgan fingerprint density at radius 3 is 1.74 bits per heavy atom. The van der Waals surface area contributed by atoms with Gasteiger partial charge in [0.25, 0.3) is 0 Å². The Hall–Kier alpha value is -4.76. The zero-order valence-electron chi connectivity index (χ0n) is 25.1. The number of allylic oxidation sites excluding steroid dienone is 4. The van der Waals surface area contributed by atoms with E-state index in [2.05, 4.69) is 16.5 Å². The van der Waals surface area contributed by atoms with Crippen molar-refractivity contribution in [1.82, 2.24) is 19.9 Å². The summed E-state index contributed by atoms with van der Waals surface area (Å²) < 4.78 is 0. The second-order valence-corrected chi connectivity index (χ2v) is 11.2. The van der Waals surface area contributed by atoms with Crippen LogP contribution in [0, 0.1) is 13.8 Å². The number of carboxylic acids is 2. The second-order valence-electron chi connectivity index (χ2n) is 11.2. The highest BCUT2D eigenvalue weighted by molar-refractivity contribution is 5.96. The van der Waals surface area contributed by atoms with E-state index in [4.69, 9.17) is 9.97 Å². The van der Waals surface area contributed by atoms with Gasteiger partial charge < -0.3 is 25.3 Å². The molecule has 3 aromatic heterocycles. The van der Waals surface area contributed by atoms with Crippen molar-refractivity contribution >= 4 is 62.4 Å². The Labute approximate surface area is 249 Å². The first-order valence-corrected chi connectivity index (χ1v) is 14.3. The lowest BCUT2D eigenvalue weighted by Gasteiger charge is -2.05. The number of hydrogen-bond donors (Lipinski definition) is 5. The standard InChI is InChI=1S/C34H36N4O5/c1-7-21-16(2)26-14-31-34(20(6)39)19(5)27(38-31)12-24-17(3)22(8-10-32(40)41)29(36-24)15-30-23(9-11-33(42)43)18(4)25(37-30)13-28(21)35-26/h7,12-15,20,35,38-39H,1,8-11H2,2-6H3,(H,40,41)(H,42,43)/t20-/m1/s1. The van der Waals surface area contributed by atoms with Crippen LogP contribution in [0.25, 0.3) is 50.4 Å². The molecule has 9 heteroatoms. The van der Waals surface area contributed by atoms with Gasteiger partial charge in [0, 0.05) is 46.0 Å². The maximum atomic E-state index is 11.5. The number of H-pyrrole nitrogens is 2. The van der Waals surface area contributed by atoms with Crippen molar-refractivity contribution in [2.75, 3.05) is 0 Å². The third-order valence-corrected chi connectivity index (χ3v) is 8.43. The molecule has 0 saturated heterocycles. The number of carboxylic acid groups (broad SMARTS) is 2. The molecule has 0 spiro atoms. The summed E-state index contributed by atoms with van der Waals surface area (Å²) in [5.74, 6) is -1.81. The molecule has 0 amide bonds. The molecule has 222 valence electrons. The van der Waals surface area contributed by atoms with Gasteiger partial charge >= 0.3 is 11.9 Å². The number of nitrogens with one attached hydrogen (secondary N) is 2. The first-order valence-electron chi connectivity index (χ1n) is 14.3. The molecular formula is C34H36N4O5. The third-order valence-electron chi connectivity index (χ3n) is 8.43. The van der Waals surface area contributed by atoms with Gasteiger partial charge in [-0.1, -0.05) is 12.7 Å². The lowest BCUT2D eigenvalue weighted by Crippen LogP contribution is -1.97. The molecule has 2 aliphatic heterocycles. The first-order chi connectivity index (χ1) is 20.4. The van der Waals surface area contributed by atoms with Gasteiger partial charge in [0.2, 0.25) is 0 Å². The van der Waals surface area contributed by atoms with E-state index in [1.807, 2.05) is 52.0 Å². The zero-order valence-corrected chi connectivity index (χ0v) is 25.1. The number of aryl methyl sites for hydroxylation is 2. The summed E-state index contributed by atoms with van der Waals surface area (Å²) in [4.78, 5) is 39.9. The monoisotopic (exact) mass is 580 g/mol. The average molecular weight is 581 g/mol. The Morgan fingerprint density at radius 1 is 0.767 bits per heavy atom. The van der Waals surface area contributed by atoms with E-state index in [1.165, 1.54) is 0 Å². The smallest absolute Gasteiger partial charge is 0.303 e. The maximum Gasteiger partial charge on any atom is 0.303 e.